The van der Waals surface area contributed by atoms with Crippen molar-refractivity contribution < 1.29 is 14.3 Å². The molecule has 4 aromatic rings. The van der Waals surface area contributed by atoms with E-state index in [0.717, 1.165) is 33.5 Å². The van der Waals surface area contributed by atoms with Gasteiger partial charge < -0.3 is 10.1 Å². The first-order chi connectivity index (χ1) is 19.6. The number of aromatic nitrogens is 2. The van der Waals surface area contributed by atoms with Crippen molar-refractivity contribution in [3.05, 3.63) is 98.2 Å². The van der Waals surface area contributed by atoms with Gasteiger partial charge in [-0.2, -0.15) is 0 Å². The fourth-order valence-corrected chi connectivity index (χ4v) is 5.85. The number of carbonyl (C=O) groups excluding carboxylic acids is 2. The molecule has 41 heavy (non-hydrogen) atoms. The number of halogens is 2. The van der Waals surface area contributed by atoms with Crippen molar-refractivity contribution in [1.29, 1.82) is 0 Å². The highest BCUT2D eigenvalue weighted by Crippen LogP contribution is 2.47. The van der Waals surface area contributed by atoms with Crippen LogP contribution >= 0.6 is 23.2 Å². The number of hydrogen-bond acceptors (Lipinski definition) is 4. The molecule has 3 aromatic carbocycles. The van der Waals surface area contributed by atoms with E-state index < -0.39 is 6.04 Å². The minimum absolute atomic E-state index is 0.000119. The fourth-order valence-electron chi connectivity index (χ4n) is 5.45. The number of nitrogens with one attached hydrogen (secondary N) is 2. The quantitative estimate of drug-likeness (QED) is 0.210. The Bertz CT molecular complexity index is 1650. The predicted molar refractivity (Wildman–Crippen MR) is 163 cm³/mol. The highest BCUT2D eigenvalue weighted by atomic mass is 35.5. The van der Waals surface area contributed by atoms with Gasteiger partial charge >= 0.3 is 6.03 Å². The number of anilines is 2. The zero-order chi connectivity index (χ0) is 29.4. The normalized spacial score (nSPS) is 14.6. The second-order valence-electron chi connectivity index (χ2n) is 10.4. The lowest BCUT2D eigenvalue weighted by molar-refractivity contribution is -0.109. The van der Waals surface area contributed by atoms with E-state index in [1.807, 2.05) is 73.1 Å². The van der Waals surface area contributed by atoms with Crippen LogP contribution in [0.2, 0.25) is 10.0 Å². The first-order valence-corrected chi connectivity index (χ1v) is 14.0. The Morgan fingerprint density at radius 1 is 1.02 bits per heavy atom. The Kier molecular flexibility index (Phi) is 7.98. The van der Waals surface area contributed by atoms with Gasteiger partial charge in [-0.15, -0.1) is 5.10 Å². The molecule has 1 aliphatic rings. The topological polar surface area (TPSA) is 88.5 Å². The SMILES string of the molecule is COc1ccc(CNC=O)cc1-n1nc2c(c1C(C)C)C(c1ccc(Cl)cc1C)N(c1cc(Cl)ccc1C)C(=O)N2. The second-order valence-corrected chi connectivity index (χ2v) is 11.2. The van der Waals surface area contributed by atoms with E-state index >= 15 is 0 Å². The van der Waals surface area contributed by atoms with E-state index in [2.05, 4.69) is 24.5 Å². The largest absolute Gasteiger partial charge is 0.494 e. The van der Waals surface area contributed by atoms with Crippen molar-refractivity contribution in [2.45, 2.75) is 46.2 Å². The average Bonchev–Trinajstić information content (AvgIpc) is 3.32. The van der Waals surface area contributed by atoms with Gasteiger partial charge in [-0.3, -0.25) is 15.0 Å². The van der Waals surface area contributed by atoms with E-state index in [0.29, 0.717) is 45.9 Å². The number of rotatable bonds is 8. The lowest BCUT2D eigenvalue weighted by Gasteiger charge is -2.38. The number of benzene rings is 3. The van der Waals surface area contributed by atoms with E-state index in [1.54, 1.807) is 12.0 Å². The molecule has 0 radical (unpaired) electrons. The summed E-state index contributed by atoms with van der Waals surface area (Å²) in [4.78, 5) is 26.6. The number of nitrogens with zero attached hydrogens (tertiary/aromatic N) is 3. The molecule has 3 amide bonds. The Labute approximate surface area is 249 Å². The van der Waals surface area contributed by atoms with Crippen LogP contribution in [0.15, 0.2) is 54.6 Å². The third-order valence-electron chi connectivity index (χ3n) is 7.30. The number of fused-ring (bicyclic) bond motifs is 1. The lowest BCUT2D eigenvalue weighted by atomic mass is 9.88. The molecule has 212 valence electrons. The van der Waals surface area contributed by atoms with E-state index in [9.17, 15) is 9.59 Å². The first-order valence-electron chi connectivity index (χ1n) is 13.2. The second kappa shape index (κ2) is 11.5. The molecular formula is C31H31Cl2N5O3. The minimum Gasteiger partial charge on any atom is -0.494 e. The maximum atomic E-state index is 13.9. The summed E-state index contributed by atoms with van der Waals surface area (Å²) in [6.07, 6.45) is 0.664. The van der Waals surface area contributed by atoms with Gasteiger partial charge in [0, 0.05) is 22.2 Å². The number of carbonyl (C=O) groups is 2. The van der Waals surface area contributed by atoms with Gasteiger partial charge in [0.1, 0.15) is 11.4 Å². The molecule has 5 rings (SSSR count). The Balaban J connectivity index is 1.82. The molecule has 10 heteroatoms. The maximum Gasteiger partial charge on any atom is 0.328 e. The summed E-state index contributed by atoms with van der Waals surface area (Å²) in [5.74, 6) is 1.07. The summed E-state index contributed by atoms with van der Waals surface area (Å²) in [6.45, 7) is 8.48. The number of urea groups is 1. The molecule has 0 saturated carbocycles. The van der Waals surface area contributed by atoms with Gasteiger partial charge in [-0.25, -0.2) is 9.48 Å². The van der Waals surface area contributed by atoms with Crippen LogP contribution in [0.5, 0.6) is 5.75 Å². The monoisotopic (exact) mass is 591 g/mol. The van der Waals surface area contributed by atoms with Crippen molar-refractivity contribution >= 4 is 47.1 Å². The van der Waals surface area contributed by atoms with Crippen molar-refractivity contribution in [1.82, 2.24) is 15.1 Å². The third kappa shape index (κ3) is 5.25. The molecule has 0 bridgehead atoms. The van der Waals surface area contributed by atoms with Gasteiger partial charge in [0.05, 0.1) is 24.5 Å². The molecule has 1 aromatic heterocycles. The molecule has 1 aliphatic heterocycles. The van der Waals surface area contributed by atoms with Crippen molar-refractivity contribution in [2.75, 3.05) is 17.3 Å². The standard InChI is InChI=1S/C31H31Cl2N5O3/c1-17(2)28-27-29(23-10-9-21(32)12-19(23)4)37(24-14-22(33)8-6-18(24)3)31(40)35-30(27)36-38(28)25-13-20(15-34-16-39)7-11-26(25)41-5/h6-14,16-17,29H,15H2,1-5H3,(H,34,39)(H,35,36,40). The molecule has 1 atom stereocenters. The van der Waals surface area contributed by atoms with E-state index in [-0.39, 0.29) is 11.9 Å². The Morgan fingerprint density at radius 2 is 1.76 bits per heavy atom. The Hall–Kier alpha value is -4.01. The zero-order valence-corrected chi connectivity index (χ0v) is 25.0. The molecule has 2 N–H and O–H groups in total. The highest BCUT2D eigenvalue weighted by molar-refractivity contribution is 6.31. The number of aryl methyl sites for hydroxylation is 2. The number of ether oxygens (including phenoxy) is 1. The van der Waals surface area contributed by atoms with Crippen molar-refractivity contribution in [3.8, 4) is 11.4 Å². The molecular weight excluding hydrogens is 561 g/mol. The van der Waals surface area contributed by atoms with Crippen LogP contribution in [0.4, 0.5) is 16.3 Å². The smallest absolute Gasteiger partial charge is 0.328 e. The molecule has 0 saturated heterocycles. The van der Waals surface area contributed by atoms with Crippen molar-refractivity contribution in [2.24, 2.45) is 0 Å². The molecule has 1 unspecified atom stereocenters. The van der Waals surface area contributed by atoms with Crippen LogP contribution in [-0.4, -0.2) is 29.3 Å². The van der Waals surface area contributed by atoms with Gasteiger partial charge in [0.25, 0.3) is 0 Å². The fraction of sp³-hybridized carbons (Fsp3) is 0.258. The Morgan fingerprint density at radius 3 is 2.44 bits per heavy atom. The summed E-state index contributed by atoms with van der Waals surface area (Å²) in [5.41, 5.74) is 6.80. The summed E-state index contributed by atoms with van der Waals surface area (Å²) in [6, 6.07) is 16.1. The summed E-state index contributed by atoms with van der Waals surface area (Å²) in [5, 5.41) is 11.8. The highest BCUT2D eigenvalue weighted by Gasteiger charge is 2.41. The first kappa shape index (κ1) is 28.5. The predicted octanol–water partition coefficient (Wildman–Crippen LogP) is 7.32. The van der Waals surface area contributed by atoms with Gasteiger partial charge in [0.15, 0.2) is 5.82 Å². The van der Waals surface area contributed by atoms with Gasteiger partial charge in [-0.1, -0.05) is 55.2 Å². The molecule has 2 heterocycles. The third-order valence-corrected chi connectivity index (χ3v) is 7.77. The van der Waals surface area contributed by atoms with Crippen LogP contribution in [0, 0.1) is 13.8 Å². The molecule has 8 nitrogen and oxygen atoms in total. The molecule has 0 aliphatic carbocycles. The van der Waals surface area contributed by atoms with Gasteiger partial charge in [-0.05, 0) is 78.4 Å². The molecule has 0 spiro atoms. The molecule has 0 fully saturated rings. The van der Waals surface area contributed by atoms with Gasteiger partial charge in [0.2, 0.25) is 6.41 Å². The van der Waals surface area contributed by atoms with Crippen LogP contribution in [0.1, 0.15) is 59.3 Å². The summed E-state index contributed by atoms with van der Waals surface area (Å²) >= 11 is 12.8. The number of methoxy groups -OCH3 is 1. The number of amides is 3. The minimum atomic E-state index is -0.523. The van der Waals surface area contributed by atoms with Crippen LogP contribution in [0.3, 0.4) is 0 Å². The number of hydrogen-bond donors (Lipinski definition) is 2. The summed E-state index contributed by atoms with van der Waals surface area (Å²) < 4.78 is 7.57. The lowest BCUT2D eigenvalue weighted by Crippen LogP contribution is -2.43. The van der Waals surface area contributed by atoms with E-state index in [1.165, 1.54) is 0 Å². The zero-order valence-electron chi connectivity index (χ0n) is 23.5. The average molecular weight is 593 g/mol. The van der Waals surface area contributed by atoms with Crippen LogP contribution in [-0.2, 0) is 11.3 Å². The maximum absolute atomic E-state index is 13.9. The summed E-state index contributed by atoms with van der Waals surface area (Å²) in [7, 11) is 1.60. The van der Waals surface area contributed by atoms with Crippen LogP contribution < -0.4 is 20.3 Å². The van der Waals surface area contributed by atoms with Crippen molar-refractivity contribution in [3.63, 3.8) is 0 Å². The van der Waals surface area contributed by atoms with Crippen LogP contribution in [0.25, 0.3) is 5.69 Å². The van der Waals surface area contributed by atoms with E-state index in [4.69, 9.17) is 33.0 Å².